The lowest BCUT2D eigenvalue weighted by Gasteiger charge is -2.17. The molecule has 0 unspecified atom stereocenters. The lowest BCUT2D eigenvalue weighted by molar-refractivity contribution is 0.102. The Bertz CT molecular complexity index is 1250. The van der Waals surface area contributed by atoms with E-state index in [2.05, 4.69) is 20.1 Å². The van der Waals surface area contributed by atoms with Gasteiger partial charge in [0.15, 0.2) is 5.82 Å². The molecule has 166 valence electrons. The Morgan fingerprint density at radius 2 is 1.78 bits per heavy atom. The molecule has 1 N–H and O–H groups in total. The average Bonchev–Trinajstić information content (AvgIpc) is 3.27. The van der Waals surface area contributed by atoms with Gasteiger partial charge >= 0.3 is 0 Å². The minimum absolute atomic E-state index is 0.167. The standard InChI is InChI=1S/C23H25N5O3S/c29-23(17-9-11-20(12-10-17)28-14-5-15-32(28,30)31)24-19-7-4-6-18(16-19)22-26-25-21-8-2-1-3-13-27(21)22/h4,6-7,9-12,16H,1-3,5,8,13-15H2,(H,24,29). The van der Waals surface area contributed by atoms with Gasteiger partial charge in [0.2, 0.25) is 10.0 Å². The first-order chi connectivity index (χ1) is 15.5. The van der Waals surface area contributed by atoms with Crippen LogP contribution in [0.1, 0.15) is 41.9 Å². The molecule has 2 aliphatic heterocycles. The van der Waals surface area contributed by atoms with Crippen LogP contribution in [0.15, 0.2) is 48.5 Å². The highest BCUT2D eigenvalue weighted by Gasteiger charge is 2.28. The van der Waals surface area contributed by atoms with E-state index in [0.717, 1.165) is 43.0 Å². The minimum Gasteiger partial charge on any atom is -0.322 e. The number of aryl methyl sites for hydroxylation is 1. The minimum atomic E-state index is -3.24. The van der Waals surface area contributed by atoms with Crippen LogP contribution >= 0.6 is 0 Å². The number of aromatic nitrogens is 3. The molecule has 3 aromatic rings. The van der Waals surface area contributed by atoms with Crippen molar-refractivity contribution in [3.63, 3.8) is 0 Å². The van der Waals surface area contributed by atoms with Gasteiger partial charge in [0.05, 0.1) is 11.4 Å². The SMILES string of the molecule is O=C(Nc1cccc(-c2nnc3n2CCCCC3)c1)c1ccc(N2CCCS2(=O)=O)cc1. The Balaban J connectivity index is 1.33. The number of nitrogens with zero attached hydrogens (tertiary/aromatic N) is 4. The van der Waals surface area contributed by atoms with E-state index >= 15 is 0 Å². The third kappa shape index (κ3) is 4.00. The van der Waals surface area contributed by atoms with Crippen molar-refractivity contribution in [3.8, 4) is 11.4 Å². The van der Waals surface area contributed by atoms with E-state index in [9.17, 15) is 13.2 Å². The molecule has 0 bridgehead atoms. The molecular weight excluding hydrogens is 426 g/mol. The van der Waals surface area contributed by atoms with Crippen molar-refractivity contribution in [3.05, 3.63) is 59.9 Å². The summed E-state index contributed by atoms with van der Waals surface area (Å²) in [5, 5.41) is 11.7. The van der Waals surface area contributed by atoms with Gasteiger partial charge in [-0.2, -0.15) is 0 Å². The van der Waals surface area contributed by atoms with Crippen LogP contribution in [0.5, 0.6) is 0 Å². The molecule has 32 heavy (non-hydrogen) atoms. The summed E-state index contributed by atoms with van der Waals surface area (Å²) in [5.41, 5.74) is 2.64. The average molecular weight is 452 g/mol. The molecule has 1 amide bonds. The number of carbonyl (C=O) groups is 1. The van der Waals surface area contributed by atoms with Gasteiger partial charge in [-0.1, -0.05) is 18.6 Å². The first-order valence-electron chi connectivity index (χ1n) is 11.0. The lowest BCUT2D eigenvalue weighted by atomic mass is 10.1. The summed E-state index contributed by atoms with van der Waals surface area (Å²) in [7, 11) is -3.24. The number of nitrogens with one attached hydrogen (secondary N) is 1. The number of rotatable bonds is 4. The monoisotopic (exact) mass is 451 g/mol. The summed E-state index contributed by atoms with van der Waals surface area (Å²) in [5.74, 6) is 1.76. The molecule has 1 saturated heterocycles. The second kappa shape index (κ2) is 8.38. The highest BCUT2D eigenvalue weighted by atomic mass is 32.2. The fourth-order valence-corrected chi connectivity index (χ4v) is 5.91. The van der Waals surface area contributed by atoms with Crippen molar-refractivity contribution in [1.82, 2.24) is 14.8 Å². The molecule has 0 atom stereocenters. The summed E-state index contributed by atoms with van der Waals surface area (Å²) in [4.78, 5) is 12.8. The van der Waals surface area contributed by atoms with Gasteiger partial charge in [-0.05, 0) is 55.7 Å². The maximum atomic E-state index is 12.8. The van der Waals surface area contributed by atoms with Crippen molar-refractivity contribution in [2.45, 2.75) is 38.6 Å². The van der Waals surface area contributed by atoms with Crippen LogP contribution in [0.2, 0.25) is 0 Å². The maximum Gasteiger partial charge on any atom is 0.255 e. The molecule has 0 spiro atoms. The maximum absolute atomic E-state index is 12.8. The summed E-state index contributed by atoms with van der Waals surface area (Å²) >= 11 is 0. The summed E-state index contributed by atoms with van der Waals surface area (Å²) in [6, 6.07) is 14.3. The Morgan fingerprint density at radius 1 is 0.938 bits per heavy atom. The molecule has 8 nitrogen and oxygen atoms in total. The molecule has 9 heteroatoms. The molecule has 3 heterocycles. The lowest BCUT2D eigenvalue weighted by Crippen LogP contribution is -2.25. The predicted molar refractivity (Wildman–Crippen MR) is 123 cm³/mol. The predicted octanol–water partition coefficient (Wildman–Crippen LogP) is 3.46. The highest BCUT2D eigenvalue weighted by Crippen LogP contribution is 2.26. The number of hydrogen-bond acceptors (Lipinski definition) is 5. The smallest absolute Gasteiger partial charge is 0.255 e. The molecule has 1 aromatic heterocycles. The van der Waals surface area contributed by atoms with E-state index < -0.39 is 10.0 Å². The van der Waals surface area contributed by atoms with E-state index in [1.807, 2.05) is 24.3 Å². The fraction of sp³-hybridized carbons (Fsp3) is 0.348. The van der Waals surface area contributed by atoms with Crippen molar-refractivity contribution in [2.24, 2.45) is 0 Å². The van der Waals surface area contributed by atoms with Crippen molar-refractivity contribution < 1.29 is 13.2 Å². The van der Waals surface area contributed by atoms with Gasteiger partial charge in [0.1, 0.15) is 5.82 Å². The largest absolute Gasteiger partial charge is 0.322 e. The van der Waals surface area contributed by atoms with Gasteiger partial charge in [-0.15, -0.1) is 10.2 Å². The molecule has 0 radical (unpaired) electrons. The summed E-state index contributed by atoms with van der Waals surface area (Å²) in [6.45, 7) is 1.39. The van der Waals surface area contributed by atoms with Crippen LogP contribution in [0.4, 0.5) is 11.4 Å². The molecule has 2 aliphatic rings. The van der Waals surface area contributed by atoms with Gasteiger partial charge in [-0.25, -0.2) is 8.42 Å². The quantitative estimate of drug-likeness (QED) is 0.655. The number of sulfonamides is 1. The van der Waals surface area contributed by atoms with Gasteiger partial charge < -0.3 is 9.88 Å². The van der Waals surface area contributed by atoms with Gasteiger partial charge in [0.25, 0.3) is 5.91 Å². The first-order valence-corrected chi connectivity index (χ1v) is 12.6. The number of amides is 1. The Labute approximate surface area is 187 Å². The van der Waals surface area contributed by atoms with E-state index in [4.69, 9.17) is 0 Å². The van der Waals surface area contributed by atoms with Crippen LogP contribution < -0.4 is 9.62 Å². The Kier molecular flexibility index (Phi) is 5.42. The number of fused-ring (bicyclic) bond motifs is 1. The molecule has 0 aliphatic carbocycles. The van der Waals surface area contributed by atoms with Gasteiger partial charge in [0, 0.05) is 36.3 Å². The van der Waals surface area contributed by atoms with E-state index in [-0.39, 0.29) is 11.7 Å². The van der Waals surface area contributed by atoms with Crippen molar-refractivity contribution in [1.29, 1.82) is 0 Å². The van der Waals surface area contributed by atoms with E-state index in [1.165, 1.54) is 10.7 Å². The Morgan fingerprint density at radius 3 is 2.56 bits per heavy atom. The van der Waals surface area contributed by atoms with Crippen LogP contribution in [-0.2, 0) is 23.0 Å². The van der Waals surface area contributed by atoms with Crippen LogP contribution in [0, 0.1) is 0 Å². The summed E-state index contributed by atoms with van der Waals surface area (Å²) < 4.78 is 27.8. The van der Waals surface area contributed by atoms with Crippen LogP contribution in [0.25, 0.3) is 11.4 Å². The normalized spacial score (nSPS) is 17.6. The van der Waals surface area contributed by atoms with E-state index in [1.54, 1.807) is 24.3 Å². The number of carbonyl (C=O) groups excluding carboxylic acids is 1. The zero-order chi connectivity index (χ0) is 22.1. The zero-order valence-corrected chi connectivity index (χ0v) is 18.5. The van der Waals surface area contributed by atoms with Crippen molar-refractivity contribution in [2.75, 3.05) is 21.9 Å². The molecule has 5 rings (SSSR count). The van der Waals surface area contributed by atoms with Crippen LogP contribution in [0.3, 0.4) is 0 Å². The summed E-state index contributed by atoms with van der Waals surface area (Å²) in [6.07, 6.45) is 5.01. The number of benzene rings is 2. The number of hydrogen-bond donors (Lipinski definition) is 1. The molecule has 2 aromatic carbocycles. The molecule has 0 saturated carbocycles. The van der Waals surface area contributed by atoms with Crippen molar-refractivity contribution >= 4 is 27.3 Å². The third-order valence-corrected chi connectivity index (χ3v) is 7.87. The third-order valence-electron chi connectivity index (χ3n) is 6.00. The van der Waals surface area contributed by atoms with Gasteiger partial charge in [-0.3, -0.25) is 9.10 Å². The fourth-order valence-electron chi connectivity index (χ4n) is 4.35. The Hall–Kier alpha value is -3.20. The molecular formula is C23H25N5O3S. The molecule has 1 fully saturated rings. The topological polar surface area (TPSA) is 97.2 Å². The highest BCUT2D eigenvalue weighted by molar-refractivity contribution is 7.93. The van der Waals surface area contributed by atoms with E-state index in [0.29, 0.717) is 29.9 Å². The first kappa shape index (κ1) is 20.7. The number of anilines is 2. The second-order valence-electron chi connectivity index (χ2n) is 8.23. The van der Waals surface area contributed by atoms with Crippen LogP contribution in [-0.4, -0.2) is 41.4 Å². The second-order valence-corrected chi connectivity index (χ2v) is 10.2. The zero-order valence-electron chi connectivity index (χ0n) is 17.7.